The number of aromatic nitrogens is 1. The molecule has 0 aliphatic heterocycles. The molecule has 0 bridgehead atoms. The van der Waals surface area contributed by atoms with Crippen molar-refractivity contribution >= 4 is 27.7 Å². The molecule has 0 aromatic carbocycles. The fraction of sp³-hybridized carbons (Fsp3) is 0.333. The lowest BCUT2D eigenvalue weighted by molar-refractivity contribution is 0.0943. The number of anilines is 1. The zero-order chi connectivity index (χ0) is 10.7. The second-order valence-electron chi connectivity index (χ2n) is 3.21. The average molecular weight is 258 g/mol. The maximum Gasteiger partial charge on any atom is 0.255 e. The van der Waals surface area contributed by atoms with E-state index in [2.05, 4.69) is 26.2 Å². The fourth-order valence-corrected chi connectivity index (χ4v) is 1.30. The monoisotopic (exact) mass is 257 g/mol. The minimum atomic E-state index is -0.202. The standard InChI is InChI=1S/C9H12BrN3O/c1-5(2)13-9(14)7-3-6(10)4-12-8(7)11/h3-5H,1-2H3,(H2,11,12)(H,13,14). The van der Waals surface area contributed by atoms with Gasteiger partial charge in [0.25, 0.3) is 5.91 Å². The Labute approximate surface area is 91.0 Å². The molecule has 0 aliphatic rings. The molecule has 0 radical (unpaired) electrons. The predicted molar refractivity (Wildman–Crippen MR) is 59.0 cm³/mol. The van der Waals surface area contributed by atoms with Gasteiger partial charge >= 0.3 is 0 Å². The van der Waals surface area contributed by atoms with Gasteiger partial charge in [-0.1, -0.05) is 0 Å². The highest BCUT2D eigenvalue weighted by molar-refractivity contribution is 9.10. The van der Waals surface area contributed by atoms with Crippen LogP contribution in [0.2, 0.25) is 0 Å². The van der Waals surface area contributed by atoms with Crippen LogP contribution in [0.1, 0.15) is 24.2 Å². The highest BCUT2D eigenvalue weighted by Gasteiger charge is 2.11. The van der Waals surface area contributed by atoms with Gasteiger partial charge in [0.2, 0.25) is 0 Å². The van der Waals surface area contributed by atoms with Crippen LogP contribution in [0.3, 0.4) is 0 Å². The first-order valence-electron chi connectivity index (χ1n) is 4.22. The Hall–Kier alpha value is -1.10. The van der Waals surface area contributed by atoms with E-state index in [1.807, 2.05) is 13.8 Å². The zero-order valence-corrected chi connectivity index (χ0v) is 9.63. The van der Waals surface area contributed by atoms with E-state index in [4.69, 9.17) is 5.73 Å². The minimum Gasteiger partial charge on any atom is -0.383 e. The van der Waals surface area contributed by atoms with Crippen molar-refractivity contribution in [3.8, 4) is 0 Å². The number of hydrogen-bond donors (Lipinski definition) is 2. The largest absolute Gasteiger partial charge is 0.383 e. The van der Waals surface area contributed by atoms with Gasteiger partial charge in [-0.2, -0.15) is 0 Å². The quantitative estimate of drug-likeness (QED) is 0.845. The lowest BCUT2D eigenvalue weighted by Gasteiger charge is -2.09. The molecule has 0 aliphatic carbocycles. The van der Waals surface area contributed by atoms with Crippen LogP contribution >= 0.6 is 15.9 Å². The van der Waals surface area contributed by atoms with Crippen LogP contribution in [-0.2, 0) is 0 Å². The summed E-state index contributed by atoms with van der Waals surface area (Å²) < 4.78 is 0.737. The van der Waals surface area contributed by atoms with Crippen LogP contribution in [0.5, 0.6) is 0 Å². The molecule has 0 saturated carbocycles. The Balaban J connectivity index is 2.94. The summed E-state index contributed by atoms with van der Waals surface area (Å²) in [5.74, 6) is 0.0395. The molecule has 3 N–H and O–H groups in total. The molecule has 0 spiro atoms. The Bertz CT molecular complexity index is 352. The molecule has 0 fully saturated rings. The molecule has 0 atom stereocenters. The number of halogens is 1. The number of rotatable bonds is 2. The van der Waals surface area contributed by atoms with Gasteiger partial charge in [-0.25, -0.2) is 4.98 Å². The van der Waals surface area contributed by atoms with Gasteiger partial charge in [0.1, 0.15) is 5.82 Å². The molecular weight excluding hydrogens is 246 g/mol. The van der Waals surface area contributed by atoms with Crippen LogP contribution in [0.15, 0.2) is 16.7 Å². The first-order chi connectivity index (χ1) is 6.50. The molecule has 1 aromatic rings. The highest BCUT2D eigenvalue weighted by Crippen LogP contribution is 2.15. The average Bonchev–Trinajstić information content (AvgIpc) is 2.08. The number of nitrogens with one attached hydrogen (secondary N) is 1. The molecule has 76 valence electrons. The van der Waals surface area contributed by atoms with Gasteiger partial charge in [-0.3, -0.25) is 4.79 Å². The number of amides is 1. The first kappa shape index (κ1) is 11.0. The van der Waals surface area contributed by atoms with Crippen LogP contribution in [-0.4, -0.2) is 16.9 Å². The van der Waals surface area contributed by atoms with Crippen molar-refractivity contribution in [3.05, 3.63) is 22.3 Å². The molecule has 0 unspecified atom stereocenters. The third-order valence-electron chi connectivity index (χ3n) is 1.55. The molecule has 1 amide bonds. The number of nitrogen functional groups attached to an aromatic ring is 1. The SMILES string of the molecule is CC(C)NC(=O)c1cc(Br)cnc1N. The summed E-state index contributed by atoms with van der Waals surface area (Å²) in [6.45, 7) is 3.78. The van der Waals surface area contributed by atoms with Crippen molar-refractivity contribution in [1.82, 2.24) is 10.3 Å². The number of nitrogens with zero attached hydrogens (tertiary/aromatic N) is 1. The van der Waals surface area contributed by atoms with Gasteiger partial charge in [-0.05, 0) is 35.8 Å². The second kappa shape index (κ2) is 4.41. The van der Waals surface area contributed by atoms with Gasteiger partial charge in [0.15, 0.2) is 0 Å². The topological polar surface area (TPSA) is 68.0 Å². The molecule has 1 heterocycles. The molecule has 0 saturated heterocycles. The van der Waals surface area contributed by atoms with Gasteiger partial charge < -0.3 is 11.1 Å². The van der Waals surface area contributed by atoms with Crippen molar-refractivity contribution in [3.63, 3.8) is 0 Å². The van der Waals surface area contributed by atoms with Crippen LogP contribution in [0.4, 0.5) is 5.82 Å². The summed E-state index contributed by atoms with van der Waals surface area (Å²) in [6, 6.07) is 1.74. The maximum atomic E-state index is 11.6. The fourth-order valence-electron chi connectivity index (χ4n) is 0.972. The Morgan fingerprint density at radius 2 is 2.29 bits per heavy atom. The smallest absolute Gasteiger partial charge is 0.255 e. The van der Waals surface area contributed by atoms with Gasteiger partial charge in [0.05, 0.1) is 5.56 Å². The van der Waals surface area contributed by atoms with Crippen LogP contribution in [0, 0.1) is 0 Å². The normalized spacial score (nSPS) is 10.3. The second-order valence-corrected chi connectivity index (χ2v) is 4.13. The van der Waals surface area contributed by atoms with Crippen LogP contribution in [0.25, 0.3) is 0 Å². The van der Waals surface area contributed by atoms with E-state index in [-0.39, 0.29) is 17.8 Å². The highest BCUT2D eigenvalue weighted by atomic mass is 79.9. The minimum absolute atomic E-state index is 0.0841. The number of carbonyl (C=O) groups is 1. The summed E-state index contributed by atoms with van der Waals surface area (Å²) in [5.41, 5.74) is 5.97. The van der Waals surface area contributed by atoms with E-state index >= 15 is 0 Å². The van der Waals surface area contributed by atoms with E-state index in [9.17, 15) is 4.79 Å². The molecular formula is C9H12BrN3O. The Morgan fingerprint density at radius 1 is 1.64 bits per heavy atom. The lowest BCUT2D eigenvalue weighted by atomic mass is 10.2. The van der Waals surface area contributed by atoms with E-state index in [1.165, 1.54) is 0 Å². The molecule has 5 heteroatoms. The lowest BCUT2D eigenvalue weighted by Crippen LogP contribution is -2.30. The summed E-state index contributed by atoms with van der Waals surface area (Å²) >= 11 is 3.23. The molecule has 1 aromatic heterocycles. The number of carbonyl (C=O) groups excluding carboxylic acids is 1. The third kappa shape index (κ3) is 2.70. The maximum absolute atomic E-state index is 11.6. The third-order valence-corrected chi connectivity index (χ3v) is 1.98. The van der Waals surface area contributed by atoms with Gasteiger partial charge in [0, 0.05) is 16.7 Å². The number of nitrogens with two attached hydrogens (primary N) is 1. The van der Waals surface area contributed by atoms with E-state index in [0.717, 1.165) is 4.47 Å². The first-order valence-corrected chi connectivity index (χ1v) is 5.02. The van der Waals surface area contributed by atoms with Crippen molar-refractivity contribution < 1.29 is 4.79 Å². The Morgan fingerprint density at radius 3 is 2.86 bits per heavy atom. The van der Waals surface area contributed by atoms with Gasteiger partial charge in [-0.15, -0.1) is 0 Å². The van der Waals surface area contributed by atoms with Crippen molar-refractivity contribution in [2.75, 3.05) is 5.73 Å². The van der Waals surface area contributed by atoms with E-state index in [1.54, 1.807) is 12.3 Å². The summed E-state index contributed by atoms with van der Waals surface area (Å²) in [7, 11) is 0. The summed E-state index contributed by atoms with van der Waals surface area (Å²) in [5, 5.41) is 2.75. The molecule has 1 rings (SSSR count). The predicted octanol–water partition coefficient (Wildman–Crippen LogP) is 1.56. The molecule has 4 nitrogen and oxygen atoms in total. The van der Waals surface area contributed by atoms with E-state index < -0.39 is 0 Å². The summed E-state index contributed by atoms with van der Waals surface area (Å²) in [4.78, 5) is 15.5. The van der Waals surface area contributed by atoms with Crippen molar-refractivity contribution in [2.24, 2.45) is 0 Å². The molecule has 14 heavy (non-hydrogen) atoms. The van der Waals surface area contributed by atoms with Crippen molar-refractivity contribution in [1.29, 1.82) is 0 Å². The van der Waals surface area contributed by atoms with Crippen LogP contribution < -0.4 is 11.1 Å². The van der Waals surface area contributed by atoms with Crippen molar-refractivity contribution in [2.45, 2.75) is 19.9 Å². The van der Waals surface area contributed by atoms with E-state index in [0.29, 0.717) is 5.56 Å². The summed E-state index contributed by atoms with van der Waals surface area (Å²) in [6.07, 6.45) is 1.56. The number of hydrogen-bond acceptors (Lipinski definition) is 3. The Kier molecular flexibility index (Phi) is 3.46. The zero-order valence-electron chi connectivity index (χ0n) is 8.04. The number of pyridine rings is 1.